The maximum Gasteiger partial charge on any atom is 0.235 e. The number of ketones is 1. The number of allylic oxidation sites excluding steroid dienone is 8. The van der Waals surface area contributed by atoms with Gasteiger partial charge in [0.1, 0.15) is 5.82 Å². The molecule has 8 aromatic carbocycles. The lowest BCUT2D eigenvalue weighted by atomic mass is 9.91. The van der Waals surface area contributed by atoms with E-state index in [-0.39, 0.29) is 58.7 Å². The van der Waals surface area contributed by atoms with Gasteiger partial charge in [-0.25, -0.2) is 12.8 Å². The molecule has 0 bridgehead atoms. The molecule has 10 aliphatic heterocycles. The van der Waals surface area contributed by atoms with Gasteiger partial charge < -0.3 is 20.9 Å². The third-order valence-electron chi connectivity index (χ3n) is 24.9. The molecule has 11 N–H and O–H groups in total. The van der Waals surface area contributed by atoms with Crippen LogP contribution in [0.1, 0.15) is 221 Å². The normalized spacial score (nSPS) is 20.5. The Morgan fingerprint density at radius 1 is 0.377 bits per heavy atom. The lowest BCUT2D eigenvalue weighted by molar-refractivity contribution is -0.117. The van der Waals surface area contributed by atoms with E-state index >= 15 is 0 Å². The standard InChI is InChI=1S/C16H21N3O2S.C16H19N3O2.C16H19N3O.C16H17N3O.C14H16ClN3O.C12H13ClN2.C12H13FN2.C12H14N2/c1-12-11-13(2)17-18-16(12)14-5-7-15(8-6-14)19-9-3-4-10-22(19,20)21;1-9-7-10(2)18-19-16(9)13-5-6-15(17-12(4)21)14(8-13)11(3)20;1-11-10-12(2)17-18-16(11)13-5-7-14(8-6-13)19-9-3-4-15(19)20;1-5-13-9-14(6-7-15(13)17-12(4)20)16-10(2)8-11(3)18-19-16;1-8-6-9(2)17-18-14(8)11-4-5-13(12(15)7-11)16-10(3)19;2*1-8-7-9(2)14-15-12(8)10-3-5-11(13)6-4-10;1-9-8-10(2)13-14-12(9)11-6-4-3-5-7-11/h5-8,12,17H,2-4,9-11H2,1H3;5-6,8-9,18H,2,7H2,1,3-4H3,(H,17,21);5-8,11,17H,2-4,9-10H2,1H3;1,6-7,9-10,18H,3,8H2,2,4H3,(H,17,20);4-5,7-8,17H,2,6H2,1,3H3,(H,16,19);2*3-6,8,14H,2,7H2,1H3;3-7,9,13H,2,8H2,1H3/t12-;9-;11-;10-;2*8-;;9-/m111111.1/s1. The molecule has 0 spiro atoms. The Kier molecular flexibility index (Phi) is 39.9. The molecule has 0 aromatic heterocycles. The Bertz CT molecular complexity index is 6620. The number of nitrogens with zero attached hydrogens (tertiary/aromatic N) is 10. The summed E-state index contributed by atoms with van der Waals surface area (Å²) in [5.74, 6) is 4.89. The van der Waals surface area contributed by atoms with Crippen LogP contribution in [0.15, 0.2) is 321 Å². The summed E-state index contributed by atoms with van der Waals surface area (Å²) in [4.78, 5) is 58.7. The van der Waals surface area contributed by atoms with Crippen LogP contribution in [0.4, 0.5) is 32.8 Å². The SMILES string of the molecule is C#Cc1cc(C2=NNC(=C)C[C@H]2C)ccc1NC(C)=O.C=C1CC(C)C(c2ccc(F)cc2)=NN1.C=C1C[C@@H](C)C(c2ccc(Cl)cc2)=NN1.C=C1C[C@@H](C)C(c2ccc(N3CCCC3=O)cc2)=NN1.C=C1C[C@@H](C)C(c2ccc(N3CCCCS3(=O)=O)cc2)=NN1.C=C1C[C@@H](C)C(c2ccc(NC(C)=O)c(C(C)=O)c2)=NN1.C=C1C[C@@H](C)C(c2ccc(NC(C)=O)c(Cl)c2)=NN1.C=C1C[C@@H](C)C(c2ccccc2)=NN1. The van der Waals surface area contributed by atoms with Gasteiger partial charge in [0.05, 0.1) is 79.2 Å². The number of terminal acetylenes is 1. The first-order valence-electron chi connectivity index (χ1n) is 48.7. The number of hydrogen-bond donors (Lipinski definition) is 11. The third-order valence-corrected chi connectivity index (χ3v) is 27.3. The number of nitrogens with one attached hydrogen (secondary N) is 11. The molecule has 0 radical (unpaired) electrons. The molecule has 28 nitrogen and oxygen atoms in total. The fourth-order valence-electron chi connectivity index (χ4n) is 17.7. The highest BCUT2D eigenvalue weighted by Gasteiger charge is 2.31. The Labute approximate surface area is 867 Å². The van der Waals surface area contributed by atoms with Gasteiger partial charge in [-0.3, -0.25) is 71.7 Å². The van der Waals surface area contributed by atoms with Gasteiger partial charge in [-0.2, -0.15) is 40.8 Å². The Morgan fingerprint density at radius 3 is 1.01 bits per heavy atom. The topological polar surface area (TPSA) is 357 Å². The molecule has 4 amide bonds. The molecule has 18 rings (SSSR count). The summed E-state index contributed by atoms with van der Waals surface area (Å²) in [6.45, 7) is 55.1. The Morgan fingerprint density at radius 2 is 0.678 bits per heavy atom. The van der Waals surface area contributed by atoms with E-state index < -0.39 is 10.0 Å². The minimum atomic E-state index is -3.15. The van der Waals surface area contributed by atoms with E-state index in [1.807, 2.05) is 132 Å². The van der Waals surface area contributed by atoms with Crippen LogP contribution in [0.3, 0.4) is 0 Å². The molecule has 762 valence electrons. The van der Waals surface area contributed by atoms with Gasteiger partial charge in [-0.05, 0) is 207 Å². The van der Waals surface area contributed by atoms with E-state index in [0.29, 0.717) is 75.8 Å². The zero-order valence-corrected chi connectivity index (χ0v) is 87.5. The number of carbonyl (C=O) groups excluding carboxylic acids is 5. The van der Waals surface area contributed by atoms with Gasteiger partial charge in [-0.1, -0.05) is 234 Å². The minimum absolute atomic E-state index is 0.0953. The number of amides is 4. The fourth-order valence-corrected chi connectivity index (χ4v) is 19.7. The lowest BCUT2D eigenvalue weighted by Crippen LogP contribution is -2.37. The van der Waals surface area contributed by atoms with Crippen molar-refractivity contribution < 1.29 is 36.8 Å². The van der Waals surface area contributed by atoms with Gasteiger partial charge in [0.25, 0.3) is 0 Å². The van der Waals surface area contributed by atoms with Gasteiger partial charge in [0, 0.05) is 155 Å². The van der Waals surface area contributed by atoms with E-state index in [0.717, 1.165) is 224 Å². The molecule has 8 atom stereocenters. The van der Waals surface area contributed by atoms with Gasteiger partial charge in [-0.15, -0.1) is 6.42 Å². The summed E-state index contributed by atoms with van der Waals surface area (Å²) in [5.41, 5.74) is 51.7. The zero-order valence-electron chi connectivity index (χ0n) is 85.2. The van der Waals surface area contributed by atoms with Crippen molar-refractivity contribution in [2.75, 3.05) is 44.0 Å². The van der Waals surface area contributed by atoms with Crippen LogP contribution in [0, 0.1) is 65.5 Å². The average Bonchev–Trinajstić information content (AvgIpc) is 0.860. The molecular weight excluding hydrogens is 1900 g/mol. The number of benzene rings is 8. The van der Waals surface area contributed by atoms with Gasteiger partial charge in [0.15, 0.2) is 5.78 Å². The van der Waals surface area contributed by atoms with Crippen molar-refractivity contribution in [1.82, 2.24) is 43.4 Å². The quantitative estimate of drug-likeness (QED) is 0.0356. The molecule has 2 saturated heterocycles. The number of hydrazone groups is 8. The van der Waals surface area contributed by atoms with Gasteiger partial charge in [0.2, 0.25) is 33.7 Å². The molecule has 10 heterocycles. The van der Waals surface area contributed by atoms with Gasteiger partial charge >= 0.3 is 0 Å². The second-order valence-electron chi connectivity index (χ2n) is 37.7. The molecule has 32 heteroatoms. The second kappa shape index (κ2) is 52.4. The first-order chi connectivity index (χ1) is 69.6. The molecule has 8 aromatic rings. The maximum atomic E-state index is 12.7. The molecular formula is C114H132Cl2FN21O7S. The number of hydrogen-bond acceptors (Lipinski definition) is 23. The minimum Gasteiger partial charge on any atom is -0.326 e. The summed E-state index contributed by atoms with van der Waals surface area (Å²) in [6, 6.07) is 56.7. The van der Waals surface area contributed by atoms with Crippen molar-refractivity contribution in [2.45, 2.75) is 160 Å². The number of Topliss-reactive ketones (excluding diaryl/α,β-unsaturated/α-hetero) is 1. The van der Waals surface area contributed by atoms with Crippen LogP contribution < -0.4 is 68.6 Å². The summed E-state index contributed by atoms with van der Waals surface area (Å²) < 4.78 is 38.5. The predicted octanol–water partition coefficient (Wildman–Crippen LogP) is 21.8. The van der Waals surface area contributed by atoms with Crippen molar-refractivity contribution in [3.05, 3.63) is 352 Å². The van der Waals surface area contributed by atoms with Crippen LogP contribution in [-0.2, 0) is 29.2 Å². The Hall–Kier alpha value is -15.2. The zero-order chi connectivity index (χ0) is 106. The summed E-state index contributed by atoms with van der Waals surface area (Å²) in [7, 11) is -3.15. The maximum absolute atomic E-state index is 12.7. The molecule has 1 unspecified atom stereocenters. The van der Waals surface area contributed by atoms with Crippen molar-refractivity contribution in [1.29, 1.82) is 0 Å². The summed E-state index contributed by atoms with van der Waals surface area (Å²) in [5, 5.41) is 43.9. The molecule has 10 aliphatic rings. The van der Waals surface area contributed by atoms with Crippen LogP contribution in [0.5, 0.6) is 0 Å². The second-order valence-corrected chi connectivity index (χ2v) is 40.6. The van der Waals surface area contributed by atoms with Crippen molar-refractivity contribution in [2.24, 2.45) is 88.2 Å². The first kappa shape index (κ1) is 111. The van der Waals surface area contributed by atoms with Crippen LogP contribution in [-0.4, -0.2) is 102 Å². The van der Waals surface area contributed by atoms with E-state index in [4.69, 9.17) is 29.6 Å². The van der Waals surface area contributed by atoms with Crippen LogP contribution in [0.25, 0.3) is 0 Å². The average molecular weight is 2030 g/mol. The lowest BCUT2D eigenvalue weighted by Gasteiger charge is -2.28. The summed E-state index contributed by atoms with van der Waals surface area (Å²) >= 11 is 12.0. The van der Waals surface area contributed by atoms with Crippen LogP contribution >= 0.6 is 23.2 Å². The first-order valence-corrected chi connectivity index (χ1v) is 51.0. The van der Waals surface area contributed by atoms with Crippen molar-refractivity contribution >= 4 is 137 Å². The largest absolute Gasteiger partial charge is 0.326 e. The van der Waals surface area contributed by atoms with Crippen LogP contribution in [0.2, 0.25) is 10.0 Å². The number of rotatable bonds is 14. The van der Waals surface area contributed by atoms with Crippen molar-refractivity contribution in [3.63, 3.8) is 0 Å². The molecule has 0 aliphatic carbocycles. The highest BCUT2D eigenvalue weighted by molar-refractivity contribution is 7.92. The third kappa shape index (κ3) is 31.7. The van der Waals surface area contributed by atoms with E-state index in [2.05, 4.69) is 226 Å². The molecule has 2 fully saturated rings. The van der Waals surface area contributed by atoms with E-state index in [1.165, 1.54) is 49.7 Å². The Balaban J connectivity index is 0.000000159. The van der Waals surface area contributed by atoms with E-state index in [9.17, 15) is 36.8 Å². The number of anilines is 5. The molecule has 146 heavy (non-hydrogen) atoms. The number of sulfonamides is 1. The molecule has 0 saturated carbocycles. The fraction of sp³-hybridized carbons (Fsp3) is 0.307. The predicted molar refractivity (Wildman–Crippen MR) is 595 cm³/mol. The monoisotopic (exact) mass is 2030 g/mol. The highest BCUT2D eigenvalue weighted by atomic mass is 35.5. The highest BCUT2D eigenvalue weighted by Crippen LogP contribution is 2.34. The summed E-state index contributed by atoms with van der Waals surface area (Å²) in [6.07, 6.45) is 15.8. The van der Waals surface area contributed by atoms with Crippen molar-refractivity contribution in [3.8, 4) is 12.3 Å². The number of carbonyl (C=O) groups is 5. The van der Waals surface area contributed by atoms with E-state index in [1.54, 1.807) is 30.3 Å². The smallest absolute Gasteiger partial charge is 0.235 e. The number of halogens is 3.